The molecule has 6 rings (SSSR count). The number of nitrogens with one attached hydrogen (secondary N) is 1. The van der Waals surface area contributed by atoms with E-state index in [4.69, 9.17) is 9.97 Å². The Kier molecular flexibility index (Phi) is 4.04. The van der Waals surface area contributed by atoms with Crippen molar-refractivity contribution in [2.45, 2.75) is 50.1 Å². The minimum Gasteiger partial charge on any atom is -0.340 e. The Morgan fingerprint density at radius 2 is 1.87 bits per heavy atom. The number of benzene rings is 1. The number of para-hydroxylation sites is 1. The molecule has 4 heterocycles. The molecule has 30 heavy (non-hydrogen) atoms. The van der Waals surface area contributed by atoms with Crippen molar-refractivity contribution in [1.29, 1.82) is 0 Å². The largest absolute Gasteiger partial charge is 0.340 e. The average Bonchev–Trinajstić information content (AvgIpc) is 3.59. The molecule has 1 saturated heterocycles. The number of aromatic nitrogens is 3. The van der Waals surface area contributed by atoms with Gasteiger partial charge in [-0.3, -0.25) is 9.78 Å². The third-order valence-corrected chi connectivity index (χ3v) is 6.43. The summed E-state index contributed by atoms with van der Waals surface area (Å²) in [6.07, 6.45) is 8.43. The molecule has 6 nitrogen and oxygen atoms in total. The maximum Gasteiger partial charge on any atom is 0.256 e. The van der Waals surface area contributed by atoms with Crippen LogP contribution in [0.25, 0.3) is 0 Å². The Morgan fingerprint density at radius 1 is 1.00 bits per heavy atom. The van der Waals surface area contributed by atoms with Crippen LogP contribution in [0, 0.1) is 0 Å². The van der Waals surface area contributed by atoms with Crippen LogP contribution in [0.5, 0.6) is 0 Å². The fourth-order valence-electron chi connectivity index (χ4n) is 4.85. The molecule has 150 valence electrons. The number of carbonyl (C=O) groups excluding carboxylic acids is 1. The first-order chi connectivity index (χ1) is 14.8. The lowest BCUT2D eigenvalue weighted by molar-refractivity contribution is 0.0644. The second-order valence-corrected chi connectivity index (χ2v) is 8.46. The van der Waals surface area contributed by atoms with Crippen LogP contribution in [0.15, 0.2) is 54.9 Å². The predicted octanol–water partition coefficient (Wildman–Crippen LogP) is 4.39. The molecule has 1 aromatic carbocycles. The van der Waals surface area contributed by atoms with Gasteiger partial charge in [0.25, 0.3) is 5.91 Å². The third kappa shape index (κ3) is 2.95. The van der Waals surface area contributed by atoms with Crippen LogP contribution in [-0.2, 0) is 6.42 Å². The molecule has 6 heteroatoms. The van der Waals surface area contributed by atoms with Gasteiger partial charge in [-0.25, -0.2) is 9.97 Å². The van der Waals surface area contributed by atoms with Gasteiger partial charge in [0.15, 0.2) is 0 Å². The smallest absolute Gasteiger partial charge is 0.256 e. The van der Waals surface area contributed by atoms with Gasteiger partial charge in [0, 0.05) is 42.0 Å². The lowest BCUT2D eigenvalue weighted by Gasteiger charge is -2.37. The zero-order valence-electron chi connectivity index (χ0n) is 16.7. The van der Waals surface area contributed by atoms with Crippen molar-refractivity contribution in [1.82, 2.24) is 19.9 Å². The van der Waals surface area contributed by atoms with Gasteiger partial charge in [-0.05, 0) is 49.9 Å². The fourth-order valence-corrected chi connectivity index (χ4v) is 4.85. The van der Waals surface area contributed by atoms with Crippen molar-refractivity contribution in [2.24, 2.45) is 0 Å². The quantitative estimate of drug-likeness (QED) is 0.707. The standard InChI is InChI=1S/C24H23N5O/c30-24(16-5-4-12-25-14-16)29-18-10-11-20(29)21-19(13-18)27-22(15-8-9-15)28-23(21)26-17-6-2-1-3-7-17/h1-7,12,14-15,18,20H,8-11,13H2,(H,26,27,28)/t18-,20-/m1/s1. The Balaban J connectivity index is 1.43. The molecular formula is C24H23N5O. The van der Waals surface area contributed by atoms with Crippen LogP contribution in [0.2, 0.25) is 0 Å². The number of pyridine rings is 1. The summed E-state index contributed by atoms with van der Waals surface area (Å²) in [7, 11) is 0. The topological polar surface area (TPSA) is 71.0 Å². The van der Waals surface area contributed by atoms with Gasteiger partial charge < -0.3 is 10.2 Å². The highest BCUT2D eigenvalue weighted by Gasteiger charge is 2.45. The molecule has 2 aliphatic heterocycles. The summed E-state index contributed by atoms with van der Waals surface area (Å²) in [5.74, 6) is 2.36. The molecule has 1 saturated carbocycles. The van der Waals surface area contributed by atoms with E-state index in [-0.39, 0.29) is 18.0 Å². The van der Waals surface area contributed by atoms with Crippen LogP contribution in [0.1, 0.15) is 65.1 Å². The number of anilines is 2. The number of fused-ring (bicyclic) bond motifs is 4. The maximum absolute atomic E-state index is 13.3. The van der Waals surface area contributed by atoms with Crippen molar-refractivity contribution in [3.8, 4) is 0 Å². The number of hydrogen-bond donors (Lipinski definition) is 1. The summed E-state index contributed by atoms with van der Waals surface area (Å²) in [4.78, 5) is 29.5. The Bertz CT molecular complexity index is 1100. The first kappa shape index (κ1) is 17.6. The lowest BCUT2D eigenvalue weighted by Crippen LogP contribution is -2.42. The van der Waals surface area contributed by atoms with Gasteiger partial charge in [-0.1, -0.05) is 18.2 Å². The van der Waals surface area contributed by atoms with Gasteiger partial charge in [-0.2, -0.15) is 0 Å². The molecule has 2 atom stereocenters. The normalized spacial score (nSPS) is 21.9. The zero-order valence-corrected chi connectivity index (χ0v) is 16.7. The highest BCUT2D eigenvalue weighted by molar-refractivity contribution is 5.95. The maximum atomic E-state index is 13.3. The van der Waals surface area contributed by atoms with Crippen LogP contribution >= 0.6 is 0 Å². The number of carbonyl (C=O) groups is 1. The molecule has 0 unspecified atom stereocenters. The summed E-state index contributed by atoms with van der Waals surface area (Å²) in [5, 5.41) is 3.54. The Morgan fingerprint density at radius 3 is 2.63 bits per heavy atom. The van der Waals surface area contributed by atoms with E-state index in [9.17, 15) is 4.79 Å². The fraction of sp³-hybridized carbons (Fsp3) is 0.333. The van der Waals surface area contributed by atoms with Crippen LogP contribution in [0.4, 0.5) is 11.5 Å². The van der Waals surface area contributed by atoms with Gasteiger partial charge in [0.2, 0.25) is 0 Å². The molecule has 0 radical (unpaired) electrons. The molecule has 2 aromatic heterocycles. The van der Waals surface area contributed by atoms with Crippen molar-refractivity contribution >= 4 is 17.4 Å². The first-order valence-electron chi connectivity index (χ1n) is 10.7. The van der Waals surface area contributed by atoms with Crippen molar-refractivity contribution in [2.75, 3.05) is 5.32 Å². The van der Waals surface area contributed by atoms with E-state index in [1.807, 2.05) is 42.5 Å². The minimum atomic E-state index is 0.00548. The molecule has 2 fully saturated rings. The third-order valence-electron chi connectivity index (χ3n) is 6.43. The van der Waals surface area contributed by atoms with E-state index in [2.05, 4.69) is 15.2 Å². The van der Waals surface area contributed by atoms with Crippen LogP contribution in [0.3, 0.4) is 0 Å². The van der Waals surface area contributed by atoms with E-state index < -0.39 is 0 Å². The molecule has 1 aliphatic carbocycles. The highest BCUT2D eigenvalue weighted by atomic mass is 16.2. The summed E-state index contributed by atoms with van der Waals surface area (Å²) in [5.41, 5.74) is 3.86. The monoisotopic (exact) mass is 397 g/mol. The van der Waals surface area contributed by atoms with E-state index in [1.165, 1.54) is 12.8 Å². The SMILES string of the molecule is O=C(c1cccnc1)N1[C@@H]2CC[C@@H]1c1c(nc(C3CC3)nc1Nc1ccccc1)C2. The van der Waals surface area contributed by atoms with Crippen LogP contribution in [-0.4, -0.2) is 31.8 Å². The first-order valence-corrected chi connectivity index (χ1v) is 10.7. The molecule has 2 bridgehead atoms. The average molecular weight is 397 g/mol. The van der Waals surface area contributed by atoms with Gasteiger partial charge >= 0.3 is 0 Å². The summed E-state index contributed by atoms with van der Waals surface area (Å²) >= 11 is 0. The van der Waals surface area contributed by atoms with Crippen molar-refractivity contribution in [3.63, 3.8) is 0 Å². The lowest BCUT2D eigenvalue weighted by atomic mass is 9.96. The second-order valence-electron chi connectivity index (χ2n) is 8.46. The minimum absolute atomic E-state index is 0.00548. The number of amides is 1. The van der Waals surface area contributed by atoms with Crippen molar-refractivity contribution in [3.05, 3.63) is 77.5 Å². The molecule has 1 amide bonds. The molecule has 3 aliphatic rings. The number of rotatable bonds is 4. The van der Waals surface area contributed by atoms with Gasteiger partial charge in [0.1, 0.15) is 11.6 Å². The molecule has 1 N–H and O–H groups in total. The van der Waals surface area contributed by atoms with E-state index >= 15 is 0 Å². The number of nitrogens with zero attached hydrogens (tertiary/aromatic N) is 4. The molecule has 3 aromatic rings. The summed E-state index contributed by atoms with van der Waals surface area (Å²) in [6, 6.07) is 14.0. The van der Waals surface area contributed by atoms with Crippen molar-refractivity contribution < 1.29 is 4.79 Å². The Labute approximate surface area is 175 Å². The zero-order chi connectivity index (χ0) is 20.1. The number of hydrogen-bond acceptors (Lipinski definition) is 5. The molecular weight excluding hydrogens is 374 g/mol. The van der Waals surface area contributed by atoms with E-state index in [0.717, 1.165) is 47.8 Å². The van der Waals surface area contributed by atoms with Gasteiger partial charge in [-0.15, -0.1) is 0 Å². The molecule has 0 spiro atoms. The second kappa shape index (κ2) is 6.90. The van der Waals surface area contributed by atoms with Gasteiger partial charge in [0.05, 0.1) is 17.3 Å². The van der Waals surface area contributed by atoms with Crippen LogP contribution < -0.4 is 5.32 Å². The summed E-state index contributed by atoms with van der Waals surface area (Å²) in [6.45, 7) is 0. The van der Waals surface area contributed by atoms with E-state index in [1.54, 1.807) is 12.4 Å². The predicted molar refractivity (Wildman–Crippen MR) is 114 cm³/mol. The van der Waals surface area contributed by atoms with E-state index in [0.29, 0.717) is 11.5 Å². The summed E-state index contributed by atoms with van der Waals surface area (Å²) < 4.78 is 0. The highest BCUT2D eigenvalue weighted by Crippen LogP contribution is 2.48. The Hall–Kier alpha value is -3.28.